The number of hydrogen-bond donors (Lipinski definition) is 4. The van der Waals surface area contributed by atoms with Crippen LogP contribution in [0.1, 0.15) is 52.6 Å². The fourth-order valence-electron chi connectivity index (χ4n) is 8.28. The minimum atomic E-state index is -3.91. The van der Waals surface area contributed by atoms with Crippen molar-refractivity contribution in [2.45, 2.75) is 33.4 Å². The molecule has 28 nitrogen and oxygen atoms in total. The molecule has 504 valence electrons. The van der Waals surface area contributed by atoms with E-state index in [1.54, 1.807) is 12.1 Å². The maximum absolute atomic E-state index is 12.7. The summed E-state index contributed by atoms with van der Waals surface area (Å²) in [7, 11) is -15.5. The number of hydrogen-bond acceptors (Lipinski definition) is 20. The van der Waals surface area contributed by atoms with Crippen LogP contribution in [-0.4, -0.2) is 140 Å². The van der Waals surface area contributed by atoms with Crippen LogP contribution in [0.2, 0.25) is 0 Å². The number of benzene rings is 7. The predicted octanol–water partition coefficient (Wildman–Crippen LogP) is 5.13. The molecule has 4 N–H and O–H groups in total. The second kappa shape index (κ2) is 33.1. The minimum absolute atomic E-state index is 0.00337. The van der Waals surface area contributed by atoms with Gasteiger partial charge in [0.1, 0.15) is 31.6 Å². The number of rotatable bonds is 19. The quantitative estimate of drug-likeness (QED) is 0.0762. The Balaban J connectivity index is 0.000000171. The Hall–Kier alpha value is -13.0. The van der Waals surface area contributed by atoms with Crippen molar-refractivity contribution in [2.24, 2.45) is 0 Å². The largest absolute Gasteiger partial charge is 0.341 e. The van der Waals surface area contributed by atoms with Gasteiger partial charge in [-0.15, -0.1) is 62.4 Å². The summed E-state index contributed by atoms with van der Waals surface area (Å²) in [5.41, 5.74) is 5.55. The van der Waals surface area contributed by atoms with Gasteiger partial charge in [-0.05, 0) is 111 Å². The van der Waals surface area contributed by atoms with E-state index in [-0.39, 0.29) is 69.4 Å². The average Bonchev–Trinajstić information content (AvgIpc) is 1.57. The van der Waals surface area contributed by atoms with Gasteiger partial charge in [0.05, 0.1) is 45.8 Å². The molecule has 0 radical (unpaired) electrons. The van der Waals surface area contributed by atoms with Crippen LogP contribution in [0.4, 0.5) is 0 Å². The summed E-state index contributed by atoms with van der Waals surface area (Å²) in [6, 6.07) is 45.9. The zero-order valence-electron chi connectivity index (χ0n) is 52.7. The average molecular weight is 1420 g/mol. The lowest BCUT2D eigenvalue weighted by Gasteiger charge is -2.05. The maximum atomic E-state index is 12.7. The molecule has 4 aromatic heterocycles. The van der Waals surface area contributed by atoms with Gasteiger partial charge in [0.25, 0.3) is 63.7 Å². The topological polar surface area (TPSA) is 376 Å². The molecule has 0 bridgehead atoms. The lowest BCUT2D eigenvalue weighted by molar-refractivity contribution is 0.0950. The molecule has 0 aliphatic heterocycles. The van der Waals surface area contributed by atoms with Crippen LogP contribution in [0.3, 0.4) is 0 Å². The van der Waals surface area contributed by atoms with Crippen molar-refractivity contribution >= 4 is 63.7 Å². The van der Waals surface area contributed by atoms with Crippen molar-refractivity contribution in [3.8, 4) is 83.5 Å². The number of aromatic nitrogens is 12. The maximum Gasteiger partial charge on any atom is 0.284 e. The van der Waals surface area contributed by atoms with Crippen molar-refractivity contribution in [1.82, 2.24) is 77.9 Å². The predicted molar refractivity (Wildman–Crippen MR) is 367 cm³/mol. The zero-order valence-corrected chi connectivity index (χ0v) is 55.9. The van der Waals surface area contributed by atoms with E-state index in [4.69, 9.17) is 25.7 Å². The summed E-state index contributed by atoms with van der Waals surface area (Å²) in [5, 5.41) is 25.8. The van der Waals surface area contributed by atoms with E-state index in [1.165, 1.54) is 97.1 Å². The molecule has 11 rings (SSSR count). The van der Waals surface area contributed by atoms with E-state index < -0.39 is 40.1 Å². The number of terminal acetylenes is 4. The van der Waals surface area contributed by atoms with Gasteiger partial charge in [0.2, 0.25) is 0 Å². The summed E-state index contributed by atoms with van der Waals surface area (Å²) >= 11 is 0. The molecule has 0 fully saturated rings. The number of aryl methyl sites for hydroxylation is 2. The summed E-state index contributed by atoms with van der Waals surface area (Å²) in [4.78, 5) is 62.9. The van der Waals surface area contributed by atoms with Crippen molar-refractivity contribution in [1.29, 1.82) is 0 Å². The van der Waals surface area contributed by atoms with Crippen molar-refractivity contribution < 1.29 is 52.8 Å². The molecule has 0 spiro atoms. The van der Waals surface area contributed by atoms with E-state index >= 15 is 0 Å². The summed E-state index contributed by atoms with van der Waals surface area (Å²) < 4.78 is 104. The van der Waals surface area contributed by atoms with Crippen LogP contribution in [0.5, 0.6) is 0 Å². The van der Waals surface area contributed by atoms with Gasteiger partial charge >= 0.3 is 0 Å². The summed E-state index contributed by atoms with van der Waals surface area (Å²) in [6.45, 7) is 4.31. The number of carbonyl (C=O) groups is 4. The Labute approximate surface area is 575 Å². The molecule has 4 amide bonds. The molecule has 0 unspecified atom stereocenters. The molecule has 0 atom stereocenters. The van der Waals surface area contributed by atoms with E-state index in [2.05, 4.69) is 85.3 Å². The Kier molecular flexibility index (Phi) is 24.1. The van der Waals surface area contributed by atoms with Crippen LogP contribution in [-0.2, 0) is 40.1 Å². The lowest BCUT2D eigenvalue weighted by atomic mass is 10.1. The van der Waals surface area contributed by atoms with Crippen molar-refractivity contribution in [3.63, 3.8) is 0 Å². The van der Waals surface area contributed by atoms with Crippen LogP contribution >= 0.6 is 0 Å². The van der Waals surface area contributed by atoms with Gasteiger partial charge < -0.3 is 21.3 Å². The Morgan fingerprint density at radius 2 is 0.610 bits per heavy atom. The smallest absolute Gasteiger partial charge is 0.284 e. The van der Waals surface area contributed by atoms with Crippen LogP contribution in [0.15, 0.2) is 227 Å². The number of nitrogens with one attached hydrogen (secondary N) is 4. The first-order valence-corrected chi connectivity index (χ1v) is 34.8. The number of carbonyl (C=O) groups excluding carboxylic acids is 4. The van der Waals surface area contributed by atoms with Crippen LogP contribution in [0.25, 0.3) is 34.2 Å². The Bertz CT molecular complexity index is 5190. The van der Waals surface area contributed by atoms with Crippen LogP contribution in [0, 0.1) is 63.2 Å². The summed E-state index contributed by atoms with van der Waals surface area (Å²) in [6.07, 6.45) is 26.0. The van der Waals surface area contributed by atoms with Gasteiger partial charge in [-0.1, -0.05) is 114 Å². The standard InChI is InChI=1S/2C19H16N4O3S.C18H14N4O3S.C12H10N4O3S/c2*1-3-12-20-19(24)16-8-10-17(11-9-16)27(25,26)23-13-21-18(22-23)15-6-4-14(2)5-7-15;1-2-12-19-18(23)15-8-10-16(11-9-15)26(24,25)22-13-20-17(21-22)14-6-4-3-5-7-14;1-2-7-14-12(17)10-3-5-11(6-4-10)20(18,19)16-9-13-8-15-16/h2*1,4-11,13H,12H2,2H3,(H,20,24);1,3-11,13H,12H2,(H,19,23);1,3-6,8-9H,7H2,(H,14,17). The Morgan fingerprint density at radius 1 is 0.350 bits per heavy atom. The SMILES string of the molecule is C#CCNC(=O)c1ccc(S(=O)(=O)n2cnc(-c3ccc(C)cc3)n2)cc1.C#CCNC(=O)c1ccc(S(=O)(=O)n2cnc(-c3ccc(C)cc3)n2)cc1.C#CCNC(=O)c1ccc(S(=O)(=O)n2cnc(-c3ccccc3)n2)cc1.C#CCNC(=O)c1ccc(S(=O)(=O)n2cncn2)cc1. The second-order valence-electron chi connectivity index (χ2n) is 20.4. The lowest BCUT2D eigenvalue weighted by Crippen LogP contribution is -2.23. The van der Waals surface area contributed by atoms with Crippen molar-refractivity contribution in [2.75, 3.05) is 26.2 Å². The normalized spacial score (nSPS) is 10.9. The molecular weight excluding hydrogens is 1360 g/mol. The van der Waals surface area contributed by atoms with E-state index in [1.807, 2.05) is 80.6 Å². The van der Waals surface area contributed by atoms with E-state index in [0.717, 1.165) is 70.2 Å². The molecule has 100 heavy (non-hydrogen) atoms. The van der Waals surface area contributed by atoms with Gasteiger partial charge in [-0.2, -0.15) is 33.7 Å². The highest BCUT2D eigenvalue weighted by atomic mass is 32.2. The highest BCUT2D eigenvalue weighted by Crippen LogP contribution is 2.23. The number of nitrogens with zero attached hydrogens (tertiary/aromatic N) is 12. The molecule has 7 aromatic carbocycles. The van der Waals surface area contributed by atoms with E-state index in [9.17, 15) is 52.8 Å². The zero-order chi connectivity index (χ0) is 72.0. The first kappa shape index (κ1) is 72.8. The van der Waals surface area contributed by atoms with E-state index in [0.29, 0.717) is 45.3 Å². The van der Waals surface area contributed by atoms with Gasteiger partial charge in [0, 0.05) is 38.9 Å². The molecule has 0 aliphatic rings. The number of amides is 4. The monoisotopic (exact) mass is 1420 g/mol. The van der Waals surface area contributed by atoms with Gasteiger partial charge in [0.15, 0.2) is 17.5 Å². The minimum Gasteiger partial charge on any atom is -0.341 e. The highest BCUT2D eigenvalue weighted by molar-refractivity contribution is 7.90. The first-order valence-electron chi connectivity index (χ1n) is 29.0. The molecule has 0 aliphatic carbocycles. The third-order valence-electron chi connectivity index (χ3n) is 13.5. The Morgan fingerprint density at radius 3 is 0.860 bits per heavy atom. The molecule has 32 heteroatoms. The first-order chi connectivity index (χ1) is 47.9. The highest BCUT2D eigenvalue weighted by Gasteiger charge is 2.24. The molecule has 4 heterocycles. The van der Waals surface area contributed by atoms with Gasteiger partial charge in [-0.25, -0.2) is 19.9 Å². The summed E-state index contributed by atoms with van der Waals surface area (Å²) in [5.74, 6) is 8.60. The van der Waals surface area contributed by atoms with Crippen LogP contribution < -0.4 is 21.3 Å². The third-order valence-corrected chi connectivity index (χ3v) is 19.7. The fraction of sp³-hybridized carbons (Fsp3) is 0.0882. The molecular formula is C68H56N16O12S4. The molecule has 11 aromatic rings. The fourth-order valence-corrected chi connectivity index (χ4v) is 12.5. The molecule has 0 saturated heterocycles. The third kappa shape index (κ3) is 18.3. The van der Waals surface area contributed by atoms with Crippen molar-refractivity contribution in [3.05, 3.63) is 241 Å². The molecule has 0 saturated carbocycles. The van der Waals surface area contributed by atoms with Gasteiger partial charge in [-0.3, -0.25) is 19.2 Å². The second-order valence-corrected chi connectivity index (χ2v) is 27.5.